The van der Waals surface area contributed by atoms with Crippen molar-refractivity contribution < 1.29 is 33.9 Å². The molecule has 4 N–H and O–H groups in total. The van der Waals surface area contributed by atoms with Crippen LogP contribution in [-0.2, 0) is 32.3 Å². The lowest BCUT2D eigenvalue weighted by atomic mass is 9.86. The van der Waals surface area contributed by atoms with Crippen molar-refractivity contribution in [2.45, 2.75) is 92.4 Å². The van der Waals surface area contributed by atoms with Crippen LogP contribution in [0.2, 0.25) is 0 Å². The number of fused-ring (bicyclic) bond motifs is 4. The van der Waals surface area contributed by atoms with E-state index >= 15 is 0 Å². The molecule has 2 aromatic carbocycles. The summed E-state index contributed by atoms with van der Waals surface area (Å²) in [6.45, 7) is 11.9. The molecule has 6 aromatic heterocycles. The van der Waals surface area contributed by atoms with Gasteiger partial charge in [0.15, 0.2) is 17.3 Å². The van der Waals surface area contributed by atoms with Gasteiger partial charge in [-0.05, 0) is 183 Å². The maximum atomic E-state index is 14.1. The Kier molecular flexibility index (Phi) is 17.9. The van der Waals surface area contributed by atoms with Crippen molar-refractivity contribution in [3.05, 3.63) is 129 Å². The first-order chi connectivity index (χ1) is 41.3. The Labute approximate surface area is 520 Å². The second-order valence-corrected chi connectivity index (χ2v) is 25.7. The Hall–Kier alpha value is -7.90. The SMILES string of the molecule is CC(=O)c1nn(CC(=O)C2[C@H](C(=O)Nc3nc(Br)ccc3C)C[C@@]3(CN(C)C)C[C@@H]23)c2ccc(-c3cnc(C)nc3)cc12.CC(=O)c1nn(CC(=O)O)c2ccc(-c3cnc(C)nc3)cc12.Cc1ccc(Br)nc1NC(=O)[C@@H]1C[C@@]2(CN(C)C)C[C@H]2N1. The molecule has 12 rings (SSSR count). The van der Waals surface area contributed by atoms with Crippen LogP contribution in [0.25, 0.3) is 44.1 Å². The Balaban J connectivity index is 0.000000160. The number of carbonyl (C=O) groups excluding carboxylic acids is 5. The van der Waals surface area contributed by atoms with Gasteiger partial charge in [0.05, 0.1) is 17.1 Å². The summed E-state index contributed by atoms with van der Waals surface area (Å²) in [7, 11) is 8.23. The number of amides is 2. The second kappa shape index (κ2) is 25.1. The molecule has 24 heteroatoms. The number of halogens is 2. The number of carboxylic acids is 1. The van der Waals surface area contributed by atoms with E-state index in [1.54, 1.807) is 42.5 Å². The molecule has 7 heterocycles. The van der Waals surface area contributed by atoms with E-state index in [9.17, 15) is 28.8 Å². The maximum Gasteiger partial charge on any atom is 0.325 e. The molecule has 1 unspecified atom stereocenters. The molecule has 3 aliphatic carbocycles. The zero-order valence-corrected chi connectivity index (χ0v) is 53.3. The third-order valence-electron chi connectivity index (χ3n) is 16.8. The molecular weight excluding hydrogens is 1240 g/mol. The highest BCUT2D eigenvalue weighted by Crippen LogP contribution is 2.68. The van der Waals surface area contributed by atoms with E-state index in [-0.39, 0.29) is 65.3 Å². The number of carbonyl (C=O) groups is 6. The van der Waals surface area contributed by atoms with Crippen molar-refractivity contribution in [3.63, 3.8) is 0 Å². The molecule has 22 nitrogen and oxygen atoms in total. The molecule has 7 atom stereocenters. The smallest absolute Gasteiger partial charge is 0.325 e. The number of aryl methyl sites for hydroxylation is 4. The fourth-order valence-corrected chi connectivity index (χ4v) is 13.3. The molecule has 3 saturated carbocycles. The number of carboxylic acid groups (broad SMARTS) is 1. The molecule has 2 amide bonds. The number of anilines is 2. The first kappa shape index (κ1) is 62.2. The summed E-state index contributed by atoms with van der Waals surface area (Å²) in [6.07, 6.45) is 10.6. The van der Waals surface area contributed by atoms with E-state index in [4.69, 9.17) is 5.11 Å². The number of pyridine rings is 2. The largest absolute Gasteiger partial charge is 0.480 e. The van der Waals surface area contributed by atoms with Crippen molar-refractivity contribution >= 4 is 100 Å². The lowest BCUT2D eigenvalue weighted by Gasteiger charge is -2.23. The first-order valence-corrected chi connectivity index (χ1v) is 30.2. The molecular formula is C63H69Br2N15O7. The topological polar surface area (TPSA) is 278 Å². The van der Waals surface area contributed by atoms with Gasteiger partial charge in [-0.3, -0.25) is 38.1 Å². The van der Waals surface area contributed by atoms with Gasteiger partial charge in [0.2, 0.25) is 11.8 Å². The van der Waals surface area contributed by atoms with E-state index in [0.29, 0.717) is 73.3 Å². The molecule has 0 radical (unpaired) electrons. The van der Waals surface area contributed by atoms with E-state index in [0.717, 1.165) is 63.9 Å². The van der Waals surface area contributed by atoms with Crippen LogP contribution < -0.4 is 16.0 Å². The van der Waals surface area contributed by atoms with Crippen LogP contribution in [0.5, 0.6) is 0 Å². The molecule has 0 spiro atoms. The number of aliphatic carboxylic acids is 1. The minimum absolute atomic E-state index is 0.0199. The van der Waals surface area contributed by atoms with Gasteiger partial charge in [0, 0.05) is 96.9 Å². The third-order valence-corrected chi connectivity index (χ3v) is 17.7. The number of Topliss-reactive ketones (excluding diaryl/α,β-unsaturated/α-hetero) is 3. The zero-order valence-electron chi connectivity index (χ0n) is 50.1. The highest BCUT2D eigenvalue weighted by molar-refractivity contribution is 9.10. The van der Waals surface area contributed by atoms with Crippen LogP contribution in [0, 0.1) is 56.3 Å². The molecule has 4 fully saturated rings. The standard InChI is InChI=1S/C32H34BrN7O3.C16H14N4O3.C15H21BrN4O/c1-17-6-9-27(33)36-30(17)37-31(43)23-11-32(16-39(4)5)12-24(32)28(23)26(42)15-40-25-8-7-20(21-13-34-19(3)35-14-21)10-22(25)29(38-40)18(2)41;1-9(21)16-13-5-11(12-6-17-10(2)18-7-12)3-4-14(13)20(19-16)8-15(22)23;1-9-4-5-12(16)18-13(9)19-14(21)10-6-15(8-20(2)3)7-11(15)17-10/h6-10,13-14,23-24,28H,11-12,15-16H2,1-5H3,(H,36,37,43);3-7H,8H2,1-2H3,(H,22,23);4-5,10-11,17H,6-8H2,1-3H3,(H,18,19,21)/t23-,24+,28?,32+;;10-,11+,15-/m1.0/s1. The predicted molar refractivity (Wildman–Crippen MR) is 336 cm³/mol. The summed E-state index contributed by atoms with van der Waals surface area (Å²) in [5, 5.41) is 28.4. The van der Waals surface area contributed by atoms with E-state index < -0.39 is 17.8 Å². The van der Waals surface area contributed by atoms with Crippen LogP contribution >= 0.6 is 31.9 Å². The monoisotopic (exact) mass is 1310 g/mol. The average Bonchev–Trinajstić information content (AvgIpc) is 1.55. The van der Waals surface area contributed by atoms with Gasteiger partial charge in [0.25, 0.3) is 0 Å². The van der Waals surface area contributed by atoms with Gasteiger partial charge in [-0.2, -0.15) is 10.2 Å². The van der Waals surface area contributed by atoms with E-state index in [1.165, 1.54) is 25.0 Å². The Bertz CT molecular complexity index is 4020. The summed E-state index contributed by atoms with van der Waals surface area (Å²) in [5.41, 5.74) is 7.26. The fraction of sp³-hybridized carbons (Fsp3) is 0.397. The van der Waals surface area contributed by atoms with Crippen LogP contribution in [0.15, 0.2) is 94.7 Å². The normalized spacial score (nSPS) is 21.3. The number of hydrogen-bond acceptors (Lipinski definition) is 17. The Morgan fingerprint density at radius 3 is 1.55 bits per heavy atom. The number of piperidine rings is 1. The zero-order chi connectivity index (χ0) is 62.4. The quantitative estimate of drug-likeness (QED) is 0.0490. The number of aromatic nitrogens is 10. The minimum Gasteiger partial charge on any atom is -0.480 e. The third kappa shape index (κ3) is 13.6. The summed E-state index contributed by atoms with van der Waals surface area (Å²) in [5.74, 6) is 0.0602. The molecule has 4 aliphatic rings. The van der Waals surface area contributed by atoms with Gasteiger partial charge in [-0.1, -0.05) is 24.3 Å². The highest BCUT2D eigenvalue weighted by Gasteiger charge is 2.68. The number of nitrogens with one attached hydrogen (secondary N) is 3. The van der Waals surface area contributed by atoms with Gasteiger partial charge >= 0.3 is 5.97 Å². The van der Waals surface area contributed by atoms with Crippen molar-refractivity contribution in [1.82, 2.24) is 64.6 Å². The van der Waals surface area contributed by atoms with Gasteiger partial charge < -0.3 is 30.9 Å². The Morgan fingerprint density at radius 2 is 1.08 bits per heavy atom. The highest BCUT2D eigenvalue weighted by atomic mass is 79.9. The number of ketones is 3. The van der Waals surface area contributed by atoms with E-state index in [2.05, 4.69) is 112 Å². The lowest BCUT2D eigenvalue weighted by Crippen LogP contribution is -2.38. The second-order valence-electron chi connectivity index (χ2n) is 24.1. The van der Waals surface area contributed by atoms with Crippen molar-refractivity contribution in [1.29, 1.82) is 0 Å². The number of benzene rings is 2. The molecule has 8 aromatic rings. The lowest BCUT2D eigenvalue weighted by molar-refractivity contribution is -0.137. The number of nitrogens with zero attached hydrogens (tertiary/aromatic N) is 12. The van der Waals surface area contributed by atoms with Gasteiger partial charge in [-0.25, -0.2) is 29.9 Å². The molecule has 1 saturated heterocycles. The molecule has 87 heavy (non-hydrogen) atoms. The first-order valence-electron chi connectivity index (χ1n) is 28.6. The molecule has 452 valence electrons. The van der Waals surface area contributed by atoms with Crippen LogP contribution in [0.3, 0.4) is 0 Å². The number of rotatable bonds is 17. The van der Waals surface area contributed by atoms with Gasteiger partial charge in [-0.15, -0.1) is 0 Å². The van der Waals surface area contributed by atoms with Crippen LogP contribution in [0.4, 0.5) is 11.6 Å². The molecule has 0 bridgehead atoms. The van der Waals surface area contributed by atoms with Crippen molar-refractivity contribution in [2.24, 2.45) is 28.6 Å². The predicted octanol–water partition coefficient (Wildman–Crippen LogP) is 8.74. The number of hydrogen-bond donors (Lipinski definition) is 4. The summed E-state index contributed by atoms with van der Waals surface area (Å²) >= 11 is 6.72. The maximum absolute atomic E-state index is 14.1. The van der Waals surface area contributed by atoms with Crippen molar-refractivity contribution in [3.8, 4) is 22.3 Å². The summed E-state index contributed by atoms with van der Waals surface area (Å²) < 4.78 is 4.30. The average molecular weight is 1310 g/mol. The minimum atomic E-state index is -1.01. The fourth-order valence-electron chi connectivity index (χ4n) is 12.7. The van der Waals surface area contributed by atoms with Crippen LogP contribution in [0.1, 0.15) is 83.3 Å². The Morgan fingerprint density at radius 1 is 0.609 bits per heavy atom. The van der Waals surface area contributed by atoms with Crippen molar-refractivity contribution in [2.75, 3.05) is 51.9 Å². The van der Waals surface area contributed by atoms with E-state index in [1.807, 2.05) is 89.5 Å². The summed E-state index contributed by atoms with van der Waals surface area (Å²) in [6, 6.07) is 19.0. The summed E-state index contributed by atoms with van der Waals surface area (Å²) in [4.78, 5) is 106. The molecule has 1 aliphatic heterocycles. The van der Waals surface area contributed by atoms with Gasteiger partial charge in [0.1, 0.15) is 57.0 Å². The van der Waals surface area contributed by atoms with Crippen LogP contribution in [-0.4, -0.2) is 153 Å².